The molecule has 0 spiro atoms. The van der Waals surface area contributed by atoms with E-state index in [-0.39, 0.29) is 30.5 Å². The molecule has 31 heavy (non-hydrogen) atoms. The summed E-state index contributed by atoms with van der Waals surface area (Å²) in [6.07, 6.45) is 0.577. The van der Waals surface area contributed by atoms with Crippen LogP contribution in [-0.2, 0) is 24.4 Å². The number of carbonyl (C=O) groups excluding carboxylic acids is 1. The fourth-order valence-corrected chi connectivity index (χ4v) is 4.62. The fraction of sp³-hybridized carbons (Fsp3) is 0.435. The number of anilines is 1. The van der Waals surface area contributed by atoms with E-state index in [4.69, 9.17) is 10.4 Å². The molecule has 0 bridgehead atoms. The van der Waals surface area contributed by atoms with E-state index >= 15 is 0 Å². The average Bonchev–Trinajstić information content (AvgIpc) is 2.76. The van der Waals surface area contributed by atoms with E-state index in [0.717, 1.165) is 29.1 Å². The Balaban J connectivity index is 1.78. The Bertz CT molecular complexity index is 879. The maximum absolute atomic E-state index is 12.8. The number of amides is 1. The third kappa shape index (κ3) is 6.14. The number of rotatable bonds is 8. The summed E-state index contributed by atoms with van der Waals surface area (Å²) in [5.74, 6) is 0.822. The summed E-state index contributed by atoms with van der Waals surface area (Å²) in [7, 11) is 1.95. The van der Waals surface area contributed by atoms with Crippen molar-refractivity contribution in [1.82, 2.24) is 8.85 Å². The number of nitrogens with zero attached hydrogens (tertiary/aromatic N) is 1. The number of aliphatic hydroxyl groups excluding tert-OH is 1. The van der Waals surface area contributed by atoms with Crippen LogP contribution in [-0.4, -0.2) is 42.5 Å². The van der Waals surface area contributed by atoms with Gasteiger partial charge in [-0.2, -0.15) is 0 Å². The number of aliphatic hydroxyl groups is 1. The predicted octanol–water partition coefficient (Wildman–Crippen LogP) is -1.06. The molecule has 8 heteroatoms. The summed E-state index contributed by atoms with van der Waals surface area (Å²) in [5.41, 5.74) is 9.93. The minimum absolute atomic E-state index is 0.0557. The van der Waals surface area contributed by atoms with E-state index in [1.165, 1.54) is 5.56 Å². The van der Waals surface area contributed by atoms with Gasteiger partial charge in [0.15, 0.2) is 0 Å². The number of benzene rings is 2. The normalized spacial score (nSPS) is 19.0. The van der Waals surface area contributed by atoms with E-state index < -0.39 is 21.3 Å². The molecule has 2 radical (unpaired) electrons. The summed E-state index contributed by atoms with van der Waals surface area (Å²) < 4.78 is 9.28. The van der Waals surface area contributed by atoms with Crippen molar-refractivity contribution in [2.24, 2.45) is 5.92 Å². The molecular formula is C23H30BIN3O3-. The molecule has 0 fully saturated rings. The Hall–Kier alpha value is -1.78. The monoisotopic (exact) mass is 534 g/mol. The van der Waals surface area contributed by atoms with Gasteiger partial charge in [-0.15, -0.1) is 0 Å². The van der Waals surface area contributed by atoms with Gasteiger partial charge in [0.1, 0.15) is 6.04 Å². The SMILES string of the molecule is [B][I-]NCc1ccc(COc2ccc3c(c2)N(C)[C@@H](C(C)C)C(=O)N[C@H](CO)C3)cc1. The number of ether oxygens (including phenoxy) is 1. The second-order valence-corrected chi connectivity index (χ2v) is 9.59. The molecule has 1 aliphatic heterocycles. The Morgan fingerprint density at radius 1 is 1.26 bits per heavy atom. The second kappa shape index (κ2) is 11.2. The van der Waals surface area contributed by atoms with E-state index in [0.29, 0.717) is 13.0 Å². The van der Waals surface area contributed by atoms with E-state index in [9.17, 15) is 9.90 Å². The van der Waals surface area contributed by atoms with Crippen LogP contribution in [0.1, 0.15) is 30.5 Å². The summed E-state index contributed by atoms with van der Waals surface area (Å²) >= 11 is -0.409. The van der Waals surface area contributed by atoms with E-state index in [1.54, 1.807) is 0 Å². The third-order valence-electron chi connectivity index (χ3n) is 5.56. The first-order valence-corrected chi connectivity index (χ1v) is 12.8. The van der Waals surface area contributed by atoms with Crippen molar-refractivity contribution in [2.75, 3.05) is 18.6 Å². The average molecular weight is 534 g/mol. The summed E-state index contributed by atoms with van der Waals surface area (Å²) in [5, 5.41) is 12.7. The van der Waals surface area contributed by atoms with Gasteiger partial charge in [-0.1, -0.05) is 13.8 Å². The standard InChI is InChI=1S/C23H30BIN3O3/c1-15(2)22-23(30)27-19(13-29)10-18-8-9-20(11-21(18)28(22)3)31-14-17-6-4-16(5-7-17)12-26-25-24/h4-9,11,15,19,22,26,29H,10,12-14H2,1-3H3,(H,27,30)/q-1/t19-,22-/m0/s1. The number of fused-ring (bicyclic) bond motifs is 1. The van der Waals surface area contributed by atoms with Crippen LogP contribution in [0.2, 0.25) is 0 Å². The van der Waals surface area contributed by atoms with Crippen LogP contribution in [0.15, 0.2) is 42.5 Å². The number of hydrogen-bond acceptors (Lipinski definition) is 5. The van der Waals surface area contributed by atoms with Crippen molar-refractivity contribution in [3.8, 4) is 5.75 Å². The molecule has 0 aliphatic carbocycles. The van der Waals surface area contributed by atoms with Crippen molar-refractivity contribution in [1.29, 1.82) is 0 Å². The molecule has 2 atom stereocenters. The Kier molecular flexibility index (Phi) is 8.62. The zero-order chi connectivity index (χ0) is 22.4. The number of nitrogens with one attached hydrogen (secondary N) is 2. The molecule has 2 aromatic carbocycles. The van der Waals surface area contributed by atoms with E-state index in [2.05, 4.69) is 33.1 Å². The molecule has 1 heterocycles. The Morgan fingerprint density at radius 2 is 1.97 bits per heavy atom. The zero-order valence-corrected chi connectivity index (χ0v) is 20.4. The van der Waals surface area contributed by atoms with Gasteiger partial charge in [0.25, 0.3) is 0 Å². The van der Waals surface area contributed by atoms with Gasteiger partial charge < -0.3 is 10.4 Å². The van der Waals surface area contributed by atoms with Crippen LogP contribution in [0.4, 0.5) is 5.69 Å². The maximum atomic E-state index is 12.8. The van der Waals surface area contributed by atoms with Crippen molar-refractivity contribution >= 4 is 17.3 Å². The van der Waals surface area contributed by atoms with E-state index in [1.807, 2.05) is 44.0 Å². The molecule has 166 valence electrons. The van der Waals surface area contributed by atoms with Crippen molar-refractivity contribution < 1.29 is 35.9 Å². The van der Waals surface area contributed by atoms with Gasteiger partial charge in [0.2, 0.25) is 5.91 Å². The Morgan fingerprint density at radius 3 is 2.61 bits per heavy atom. The molecule has 0 unspecified atom stereocenters. The molecule has 6 nitrogen and oxygen atoms in total. The molecule has 0 saturated heterocycles. The molecule has 3 rings (SSSR count). The molecule has 1 amide bonds. The van der Waals surface area contributed by atoms with Gasteiger partial charge in [0.05, 0.1) is 12.6 Å². The molecule has 3 N–H and O–H groups in total. The predicted molar refractivity (Wildman–Crippen MR) is 120 cm³/mol. The molecule has 1 aliphatic rings. The number of carbonyl (C=O) groups is 1. The summed E-state index contributed by atoms with van der Waals surface area (Å²) in [6.45, 7) is 5.24. The first-order valence-electron chi connectivity index (χ1n) is 10.5. The van der Waals surface area contributed by atoms with Gasteiger partial charge in [-0.3, -0.25) is 4.79 Å². The number of halogens is 1. The van der Waals surface area contributed by atoms with Crippen LogP contribution in [0.25, 0.3) is 0 Å². The first kappa shape index (κ1) is 23.9. The van der Waals surface area contributed by atoms with Crippen molar-refractivity contribution in [3.63, 3.8) is 0 Å². The number of hydrogen-bond donors (Lipinski definition) is 3. The number of likely N-dealkylation sites (N-methyl/N-ethyl adjacent to an activating group) is 1. The quantitative estimate of drug-likeness (QED) is 0.229. The first-order chi connectivity index (χ1) is 14.9. The topological polar surface area (TPSA) is 73.8 Å². The van der Waals surface area contributed by atoms with Crippen LogP contribution in [0, 0.1) is 5.92 Å². The zero-order valence-electron chi connectivity index (χ0n) is 18.3. The van der Waals surface area contributed by atoms with Gasteiger partial charge in [-0.25, -0.2) is 0 Å². The van der Waals surface area contributed by atoms with Crippen LogP contribution < -0.4 is 39.7 Å². The van der Waals surface area contributed by atoms with Gasteiger partial charge >= 0.3 is 124 Å². The van der Waals surface area contributed by atoms with Crippen LogP contribution >= 0.6 is 0 Å². The fourth-order valence-electron chi connectivity index (χ4n) is 3.96. The van der Waals surface area contributed by atoms with Gasteiger partial charge in [-0.05, 0) is 12.3 Å². The van der Waals surface area contributed by atoms with Crippen molar-refractivity contribution in [2.45, 2.75) is 45.5 Å². The molecule has 0 saturated carbocycles. The second-order valence-electron chi connectivity index (χ2n) is 8.21. The Labute approximate surface area is 196 Å². The molecule has 0 aromatic heterocycles. The molecular weight excluding hydrogens is 504 g/mol. The summed E-state index contributed by atoms with van der Waals surface area (Å²) in [6, 6.07) is 13.7. The van der Waals surface area contributed by atoms with Crippen LogP contribution in [0.5, 0.6) is 5.75 Å². The van der Waals surface area contributed by atoms with Crippen LogP contribution in [0.3, 0.4) is 0 Å². The summed E-state index contributed by atoms with van der Waals surface area (Å²) in [4.78, 5) is 14.8. The van der Waals surface area contributed by atoms with Crippen molar-refractivity contribution in [3.05, 3.63) is 59.2 Å². The molecule has 2 aromatic rings. The van der Waals surface area contributed by atoms with Gasteiger partial charge in [0, 0.05) is 7.05 Å². The minimum atomic E-state index is -0.409. The third-order valence-corrected chi connectivity index (χ3v) is 6.39.